The fourth-order valence-electron chi connectivity index (χ4n) is 1.87. The quantitative estimate of drug-likeness (QED) is 0.664. The normalized spacial score (nSPS) is 29.9. The van der Waals surface area contributed by atoms with E-state index in [2.05, 4.69) is 29.4 Å². The van der Waals surface area contributed by atoms with E-state index in [1.54, 1.807) is 6.20 Å². The first-order chi connectivity index (χ1) is 6.60. The Bertz CT molecular complexity index is 294. The van der Waals surface area contributed by atoms with Crippen molar-refractivity contribution in [3.8, 4) is 0 Å². The van der Waals surface area contributed by atoms with Crippen LogP contribution in [0, 0.1) is 5.41 Å². The van der Waals surface area contributed by atoms with Gasteiger partial charge in [-0.3, -0.25) is 5.10 Å². The van der Waals surface area contributed by atoms with Crippen LogP contribution in [0.2, 0.25) is 0 Å². The predicted molar refractivity (Wildman–Crippen MR) is 53.6 cm³/mol. The lowest BCUT2D eigenvalue weighted by Crippen LogP contribution is -2.59. The molecule has 78 valence electrons. The minimum atomic E-state index is -0.165. The van der Waals surface area contributed by atoms with Crippen molar-refractivity contribution in [2.45, 2.75) is 39.0 Å². The first-order valence-corrected chi connectivity index (χ1v) is 5.00. The van der Waals surface area contributed by atoms with Crippen molar-refractivity contribution in [1.82, 2.24) is 15.5 Å². The molecule has 0 spiro atoms. The molecule has 2 rings (SSSR count). The van der Waals surface area contributed by atoms with Crippen LogP contribution < -0.4 is 5.32 Å². The van der Waals surface area contributed by atoms with Crippen molar-refractivity contribution < 1.29 is 5.11 Å². The van der Waals surface area contributed by atoms with Crippen molar-refractivity contribution in [3.63, 3.8) is 0 Å². The summed E-state index contributed by atoms with van der Waals surface area (Å²) in [5.41, 5.74) is 1.09. The van der Waals surface area contributed by atoms with Crippen molar-refractivity contribution in [2.75, 3.05) is 0 Å². The summed E-state index contributed by atoms with van der Waals surface area (Å²) in [5, 5.41) is 19.7. The molecular weight excluding hydrogens is 178 g/mol. The number of aliphatic hydroxyl groups is 1. The Balaban J connectivity index is 1.83. The molecule has 4 heteroatoms. The van der Waals surface area contributed by atoms with Crippen LogP contribution in [-0.2, 0) is 6.54 Å². The second-order valence-corrected chi connectivity index (χ2v) is 4.59. The van der Waals surface area contributed by atoms with Crippen LogP contribution in [0.3, 0.4) is 0 Å². The third kappa shape index (κ3) is 1.55. The minimum absolute atomic E-state index is 0.0000213. The van der Waals surface area contributed by atoms with Gasteiger partial charge in [-0.2, -0.15) is 5.10 Å². The van der Waals surface area contributed by atoms with E-state index in [0.717, 1.165) is 18.7 Å². The molecule has 1 saturated carbocycles. The van der Waals surface area contributed by atoms with Gasteiger partial charge in [-0.25, -0.2) is 0 Å². The maximum atomic E-state index is 9.54. The lowest BCUT2D eigenvalue weighted by Gasteiger charge is -2.49. The molecule has 1 aromatic heterocycles. The molecule has 1 fully saturated rings. The summed E-state index contributed by atoms with van der Waals surface area (Å²) in [5.74, 6) is 0. The molecule has 1 aromatic rings. The Hall–Kier alpha value is -0.870. The van der Waals surface area contributed by atoms with Gasteiger partial charge in [0.2, 0.25) is 0 Å². The molecule has 2 unspecified atom stereocenters. The van der Waals surface area contributed by atoms with Crippen molar-refractivity contribution >= 4 is 0 Å². The number of nitrogens with zero attached hydrogens (tertiary/aromatic N) is 1. The van der Waals surface area contributed by atoms with Gasteiger partial charge in [0, 0.05) is 29.9 Å². The first-order valence-electron chi connectivity index (χ1n) is 5.00. The van der Waals surface area contributed by atoms with Gasteiger partial charge < -0.3 is 10.4 Å². The van der Waals surface area contributed by atoms with E-state index in [-0.39, 0.29) is 11.5 Å². The van der Waals surface area contributed by atoms with Crippen molar-refractivity contribution in [1.29, 1.82) is 0 Å². The molecular formula is C10H17N3O. The van der Waals surface area contributed by atoms with E-state index in [9.17, 15) is 5.11 Å². The fourth-order valence-corrected chi connectivity index (χ4v) is 1.87. The maximum Gasteiger partial charge on any atom is 0.0621 e. The topological polar surface area (TPSA) is 60.9 Å². The molecule has 0 saturated heterocycles. The Kier molecular flexibility index (Phi) is 2.33. The molecule has 1 aliphatic rings. The zero-order valence-electron chi connectivity index (χ0n) is 8.62. The summed E-state index contributed by atoms with van der Waals surface area (Å²) in [6.07, 6.45) is 2.43. The van der Waals surface area contributed by atoms with Crippen molar-refractivity contribution in [2.24, 2.45) is 5.41 Å². The summed E-state index contributed by atoms with van der Waals surface area (Å²) in [4.78, 5) is 0. The Morgan fingerprint density at radius 2 is 2.50 bits per heavy atom. The van der Waals surface area contributed by atoms with Crippen LogP contribution >= 0.6 is 0 Å². The largest absolute Gasteiger partial charge is 0.392 e. The number of H-pyrrole nitrogens is 1. The molecule has 4 nitrogen and oxygen atoms in total. The highest BCUT2D eigenvalue weighted by Crippen LogP contribution is 2.40. The van der Waals surface area contributed by atoms with Gasteiger partial charge in [0.1, 0.15) is 0 Å². The zero-order chi connectivity index (χ0) is 10.2. The average molecular weight is 195 g/mol. The van der Waals surface area contributed by atoms with Crippen LogP contribution in [0.25, 0.3) is 0 Å². The average Bonchev–Trinajstić information content (AvgIpc) is 2.64. The lowest BCUT2D eigenvalue weighted by atomic mass is 9.64. The second kappa shape index (κ2) is 3.37. The zero-order valence-corrected chi connectivity index (χ0v) is 8.62. The van der Waals surface area contributed by atoms with Gasteiger partial charge >= 0.3 is 0 Å². The highest BCUT2D eigenvalue weighted by atomic mass is 16.3. The van der Waals surface area contributed by atoms with Gasteiger partial charge in [-0.15, -0.1) is 0 Å². The van der Waals surface area contributed by atoms with E-state index in [4.69, 9.17) is 0 Å². The van der Waals surface area contributed by atoms with Gasteiger partial charge in [-0.05, 0) is 12.5 Å². The number of hydrogen-bond donors (Lipinski definition) is 3. The van der Waals surface area contributed by atoms with Crippen LogP contribution in [0.15, 0.2) is 12.3 Å². The Labute approximate surface area is 83.7 Å². The summed E-state index contributed by atoms with van der Waals surface area (Å²) < 4.78 is 0. The summed E-state index contributed by atoms with van der Waals surface area (Å²) in [7, 11) is 0. The molecule has 0 radical (unpaired) electrons. The SMILES string of the molecule is CC1(C)C(O)CC1NCc1ccn[nH]1. The van der Waals surface area contributed by atoms with E-state index in [1.165, 1.54) is 0 Å². The van der Waals surface area contributed by atoms with E-state index < -0.39 is 0 Å². The molecule has 2 atom stereocenters. The molecule has 0 aliphatic heterocycles. The number of hydrogen-bond acceptors (Lipinski definition) is 3. The molecule has 0 amide bonds. The fraction of sp³-hybridized carbons (Fsp3) is 0.700. The minimum Gasteiger partial charge on any atom is -0.392 e. The van der Waals surface area contributed by atoms with E-state index in [0.29, 0.717) is 6.04 Å². The van der Waals surface area contributed by atoms with Gasteiger partial charge in [0.15, 0.2) is 0 Å². The molecule has 0 aromatic carbocycles. The maximum absolute atomic E-state index is 9.54. The van der Waals surface area contributed by atoms with Crippen LogP contribution in [0.5, 0.6) is 0 Å². The smallest absolute Gasteiger partial charge is 0.0621 e. The third-order valence-electron chi connectivity index (χ3n) is 3.31. The number of aromatic nitrogens is 2. The van der Waals surface area contributed by atoms with Gasteiger partial charge in [0.05, 0.1) is 6.10 Å². The van der Waals surface area contributed by atoms with Crippen LogP contribution in [0.4, 0.5) is 0 Å². The van der Waals surface area contributed by atoms with E-state index in [1.807, 2.05) is 6.07 Å². The van der Waals surface area contributed by atoms with Crippen LogP contribution in [0.1, 0.15) is 26.0 Å². The number of aromatic amines is 1. The molecule has 3 N–H and O–H groups in total. The van der Waals surface area contributed by atoms with Crippen molar-refractivity contribution in [3.05, 3.63) is 18.0 Å². The lowest BCUT2D eigenvalue weighted by molar-refractivity contribution is -0.0730. The molecule has 1 aliphatic carbocycles. The third-order valence-corrected chi connectivity index (χ3v) is 3.31. The summed E-state index contributed by atoms with van der Waals surface area (Å²) in [6, 6.07) is 2.36. The summed E-state index contributed by atoms with van der Waals surface area (Å²) >= 11 is 0. The number of aliphatic hydroxyl groups excluding tert-OH is 1. The second-order valence-electron chi connectivity index (χ2n) is 4.59. The standard InChI is InChI=1S/C10H17N3O/c1-10(2)8(5-9(10)14)11-6-7-3-4-12-13-7/h3-4,8-9,11,14H,5-6H2,1-2H3,(H,12,13). The number of rotatable bonds is 3. The van der Waals surface area contributed by atoms with E-state index >= 15 is 0 Å². The van der Waals surface area contributed by atoms with Gasteiger partial charge in [-0.1, -0.05) is 13.8 Å². The predicted octanol–water partition coefficient (Wildman–Crippen LogP) is 0.659. The van der Waals surface area contributed by atoms with Crippen LogP contribution in [-0.4, -0.2) is 27.4 Å². The highest BCUT2D eigenvalue weighted by molar-refractivity contribution is 5.04. The Morgan fingerprint density at radius 3 is 3.00 bits per heavy atom. The Morgan fingerprint density at radius 1 is 1.71 bits per heavy atom. The molecule has 14 heavy (non-hydrogen) atoms. The van der Waals surface area contributed by atoms with Gasteiger partial charge in [0.25, 0.3) is 0 Å². The molecule has 0 bridgehead atoms. The first kappa shape index (κ1) is 9.68. The number of nitrogens with one attached hydrogen (secondary N) is 2. The molecule has 1 heterocycles. The monoisotopic (exact) mass is 195 g/mol. The highest BCUT2D eigenvalue weighted by Gasteiger charge is 2.46. The summed E-state index contributed by atoms with van der Waals surface area (Å²) in [6.45, 7) is 4.97.